The summed E-state index contributed by atoms with van der Waals surface area (Å²) in [5.41, 5.74) is 7.29. The lowest BCUT2D eigenvalue weighted by Gasteiger charge is -2.65. The molecule has 8 atom stereocenters. The van der Waals surface area contributed by atoms with E-state index in [2.05, 4.69) is 20.8 Å². The summed E-state index contributed by atoms with van der Waals surface area (Å²) in [6, 6.07) is 7.93. The number of likely N-dealkylation sites (N-methyl/N-ethyl adjacent to an activating group) is 1. The van der Waals surface area contributed by atoms with Crippen LogP contribution in [0.5, 0.6) is 5.75 Å². The van der Waals surface area contributed by atoms with E-state index in [-0.39, 0.29) is 23.5 Å². The molecule has 4 heteroatoms. The zero-order valence-corrected chi connectivity index (χ0v) is 19.1. The Morgan fingerprint density at radius 2 is 1.80 bits per heavy atom. The van der Waals surface area contributed by atoms with Crippen LogP contribution in [0, 0.1) is 34.5 Å². The van der Waals surface area contributed by atoms with Crippen LogP contribution < -0.4 is 10.5 Å². The fourth-order valence-electron chi connectivity index (χ4n) is 8.37. The van der Waals surface area contributed by atoms with Crippen molar-refractivity contribution in [3.63, 3.8) is 0 Å². The van der Waals surface area contributed by atoms with Crippen molar-refractivity contribution >= 4 is 11.6 Å². The lowest BCUT2D eigenvalue weighted by Crippen LogP contribution is -2.69. The zero-order valence-electron chi connectivity index (χ0n) is 19.1. The van der Waals surface area contributed by atoms with Gasteiger partial charge in [0.1, 0.15) is 11.9 Å². The SMILES string of the molecule is CC1C(Oc2ccc(N)cc2)C2N(C)C(=O)CC[C@]2(C)[C@@H]2CC[C@]3(C)CCC[C@H]3[C@H]12. The number of anilines is 1. The molecule has 2 N–H and O–H groups in total. The van der Waals surface area contributed by atoms with E-state index < -0.39 is 0 Å². The lowest BCUT2D eigenvalue weighted by molar-refractivity contribution is -0.191. The normalized spacial score (nSPS) is 45.5. The molecule has 4 nitrogen and oxygen atoms in total. The van der Waals surface area contributed by atoms with Crippen LogP contribution in [0.3, 0.4) is 0 Å². The van der Waals surface area contributed by atoms with Crippen molar-refractivity contribution < 1.29 is 9.53 Å². The Bertz CT molecular complexity index is 823. The highest BCUT2D eigenvalue weighted by molar-refractivity contribution is 5.77. The molecule has 1 aliphatic heterocycles. The van der Waals surface area contributed by atoms with E-state index in [0.717, 1.165) is 23.8 Å². The fraction of sp³-hybridized carbons (Fsp3) is 0.731. The molecule has 3 saturated carbocycles. The maximum absolute atomic E-state index is 12.8. The van der Waals surface area contributed by atoms with Crippen LogP contribution in [-0.2, 0) is 4.79 Å². The highest BCUT2D eigenvalue weighted by Gasteiger charge is 2.64. The Morgan fingerprint density at radius 3 is 2.53 bits per heavy atom. The highest BCUT2D eigenvalue weighted by atomic mass is 16.5. The molecule has 1 saturated heterocycles. The second-order valence-electron chi connectivity index (χ2n) is 11.3. The Hall–Kier alpha value is -1.71. The van der Waals surface area contributed by atoms with Gasteiger partial charge in [0.05, 0.1) is 6.04 Å². The number of likely N-dealkylation sites (tertiary alicyclic amines) is 1. The molecule has 1 heterocycles. The first-order valence-electron chi connectivity index (χ1n) is 12.0. The van der Waals surface area contributed by atoms with Gasteiger partial charge >= 0.3 is 0 Å². The van der Waals surface area contributed by atoms with Gasteiger partial charge in [-0.1, -0.05) is 27.2 Å². The molecule has 0 aromatic heterocycles. The summed E-state index contributed by atoms with van der Waals surface area (Å²) in [5, 5.41) is 0. The molecule has 3 unspecified atom stereocenters. The molecule has 3 aliphatic carbocycles. The van der Waals surface area contributed by atoms with Crippen molar-refractivity contribution in [3.05, 3.63) is 24.3 Å². The Morgan fingerprint density at radius 1 is 1.07 bits per heavy atom. The van der Waals surface area contributed by atoms with Gasteiger partial charge in [-0.05, 0) is 90.9 Å². The first kappa shape index (κ1) is 20.2. The summed E-state index contributed by atoms with van der Waals surface area (Å²) in [6.07, 6.45) is 8.50. The molecule has 4 aliphatic rings. The van der Waals surface area contributed by atoms with Crippen molar-refractivity contribution in [3.8, 4) is 5.75 Å². The van der Waals surface area contributed by atoms with Crippen LogP contribution in [0.25, 0.3) is 0 Å². The molecular weight excluding hydrogens is 372 g/mol. The van der Waals surface area contributed by atoms with Crippen LogP contribution in [0.15, 0.2) is 24.3 Å². The van der Waals surface area contributed by atoms with Crippen LogP contribution >= 0.6 is 0 Å². The van der Waals surface area contributed by atoms with Gasteiger partial charge in [-0.15, -0.1) is 0 Å². The number of carbonyl (C=O) groups excluding carboxylic acids is 1. The summed E-state index contributed by atoms with van der Waals surface area (Å²) < 4.78 is 6.76. The average Bonchev–Trinajstić information content (AvgIpc) is 3.11. The van der Waals surface area contributed by atoms with E-state index >= 15 is 0 Å². The maximum atomic E-state index is 12.8. The first-order valence-corrected chi connectivity index (χ1v) is 12.0. The molecular formula is C26H38N2O2. The quantitative estimate of drug-likeness (QED) is 0.688. The van der Waals surface area contributed by atoms with E-state index in [0.29, 0.717) is 29.6 Å². The fourth-order valence-corrected chi connectivity index (χ4v) is 8.37. The van der Waals surface area contributed by atoms with E-state index in [1.165, 1.54) is 32.1 Å². The number of benzene rings is 1. The third kappa shape index (κ3) is 2.81. The molecule has 1 aromatic carbocycles. The minimum atomic E-state index is 0.0251. The van der Waals surface area contributed by atoms with Crippen LogP contribution in [0.1, 0.15) is 65.7 Å². The number of hydrogen-bond donors (Lipinski definition) is 1. The second kappa shape index (κ2) is 6.90. The minimum Gasteiger partial charge on any atom is -0.488 e. The topological polar surface area (TPSA) is 55.6 Å². The Kier molecular flexibility index (Phi) is 4.65. The third-order valence-corrected chi connectivity index (χ3v) is 9.91. The van der Waals surface area contributed by atoms with Crippen LogP contribution in [-0.4, -0.2) is 30.0 Å². The first-order chi connectivity index (χ1) is 14.2. The summed E-state index contributed by atoms with van der Waals surface area (Å²) in [4.78, 5) is 14.8. The van der Waals surface area contributed by atoms with Gasteiger partial charge in [0.25, 0.3) is 0 Å². The Labute approximate surface area is 181 Å². The van der Waals surface area contributed by atoms with Crippen molar-refractivity contribution in [1.29, 1.82) is 0 Å². The number of fused-ring (bicyclic) bond motifs is 5. The van der Waals surface area contributed by atoms with Crippen molar-refractivity contribution in [1.82, 2.24) is 4.90 Å². The molecule has 164 valence electrons. The largest absolute Gasteiger partial charge is 0.488 e. The highest BCUT2D eigenvalue weighted by Crippen LogP contribution is 2.66. The number of amides is 1. The summed E-state index contributed by atoms with van der Waals surface area (Å²) >= 11 is 0. The molecule has 30 heavy (non-hydrogen) atoms. The summed E-state index contributed by atoms with van der Waals surface area (Å²) in [7, 11) is 2.01. The van der Waals surface area contributed by atoms with Crippen LogP contribution in [0.2, 0.25) is 0 Å². The zero-order chi connectivity index (χ0) is 21.3. The third-order valence-electron chi connectivity index (χ3n) is 9.91. The summed E-state index contributed by atoms with van der Waals surface area (Å²) in [5.74, 6) is 3.75. The van der Waals surface area contributed by atoms with E-state index in [1.807, 2.05) is 36.2 Å². The number of ether oxygens (including phenoxy) is 1. The molecule has 4 fully saturated rings. The van der Waals surface area contributed by atoms with Gasteiger partial charge in [-0.3, -0.25) is 4.79 Å². The number of rotatable bonds is 2. The summed E-state index contributed by atoms with van der Waals surface area (Å²) in [6.45, 7) is 7.44. The number of hydrogen-bond acceptors (Lipinski definition) is 3. The Balaban J connectivity index is 1.57. The van der Waals surface area contributed by atoms with E-state index in [1.54, 1.807) is 0 Å². The molecule has 5 rings (SSSR count). The van der Waals surface area contributed by atoms with Gasteiger partial charge in [-0.25, -0.2) is 0 Å². The van der Waals surface area contributed by atoms with Gasteiger partial charge < -0.3 is 15.4 Å². The molecule has 0 radical (unpaired) electrons. The van der Waals surface area contributed by atoms with E-state index in [9.17, 15) is 4.79 Å². The molecule has 1 aromatic rings. The van der Waals surface area contributed by atoms with Gasteiger partial charge in [-0.2, -0.15) is 0 Å². The molecule has 0 bridgehead atoms. The minimum absolute atomic E-state index is 0.0251. The predicted octanol–water partition coefficient (Wildman–Crippen LogP) is 5.13. The average molecular weight is 411 g/mol. The number of piperidine rings is 1. The van der Waals surface area contributed by atoms with Crippen molar-refractivity contribution in [2.45, 2.75) is 77.9 Å². The van der Waals surface area contributed by atoms with Crippen molar-refractivity contribution in [2.75, 3.05) is 12.8 Å². The number of nitrogens with two attached hydrogens (primary N) is 1. The monoisotopic (exact) mass is 410 g/mol. The van der Waals surface area contributed by atoms with Gasteiger partial charge in [0.15, 0.2) is 0 Å². The predicted molar refractivity (Wildman–Crippen MR) is 120 cm³/mol. The standard InChI is InChI=1S/C26H38N2O2/c1-16-22-19-6-5-13-25(19,2)14-11-20(22)26(3)15-12-21(29)28(4)24(26)23(16)30-18-9-7-17(27)8-10-18/h7-10,16,19-20,22-24H,5-6,11-15,27H2,1-4H3/t16?,19-,20+,22-,23?,24?,25-,26+/m0/s1. The van der Waals surface area contributed by atoms with Crippen LogP contribution in [0.4, 0.5) is 5.69 Å². The van der Waals surface area contributed by atoms with E-state index in [4.69, 9.17) is 10.5 Å². The molecule has 1 amide bonds. The number of nitrogens with zero attached hydrogens (tertiary/aromatic N) is 1. The van der Waals surface area contributed by atoms with Gasteiger partial charge in [0.2, 0.25) is 5.91 Å². The van der Waals surface area contributed by atoms with Crippen molar-refractivity contribution in [2.24, 2.45) is 34.5 Å². The number of carbonyl (C=O) groups is 1. The second-order valence-corrected chi connectivity index (χ2v) is 11.3. The lowest BCUT2D eigenvalue weighted by atomic mass is 9.44. The number of nitrogen functional groups attached to an aromatic ring is 1. The smallest absolute Gasteiger partial charge is 0.222 e. The van der Waals surface area contributed by atoms with Gasteiger partial charge in [0, 0.05) is 19.2 Å². The molecule has 0 spiro atoms. The maximum Gasteiger partial charge on any atom is 0.222 e.